The number of benzene rings is 7. The summed E-state index contributed by atoms with van der Waals surface area (Å²) in [5.41, 5.74) is 7.14. The molecule has 7 aromatic rings. The van der Waals surface area contributed by atoms with Crippen LogP contribution in [0, 0.1) is 6.92 Å². The van der Waals surface area contributed by atoms with Gasteiger partial charge in [-0.15, -0.1) is 0 Å². The zero-order valence-corrected chi connectivity index (χ0v) is 40.6. The predicted octanol–water partition coefficient (Wildman–Crippen LogP) is 7.72. The van der Waals surface area contributed by atoms with Gasteiger partial charge in [-0.05, 0) is 52.4 Å². The molecular formula is C60H64O13. The zero-order valence-electron chi connectivity index (χ0n) is 40.6. The van der Waals surface area contributed by atoms with E-state index in [0.717, 1.165) is 33.4 Å². The average molecular weight is 993 g/mol. The van der Waals surface area contributed by atoms with Crippen LogP contribution in [0.2, 0.25) is 0 Å². The number of para-hydroxylation sites is 2. The lowest BCUT2D eigenvalue weighted by atomic mass is 9.87. The summed E-state index contributed by atoms with van der Waals surface area (Å²) in [6.45, 7) is 2.58. The summed E-state index contributed by atoms with van der Waals surface area (Å²) >= 11 is 0. The Hall–Kier alpha value is -6.30. The number of phenolic OH excluding ortho intramolecular Hbond substituents is 2. The molecule has 2 aliphatic rings. The lowest BCUT2D eigenvalue weighted by Crippen LogP contribution is -2.65. The maximum Gasteiger partial charge on any atom is 0.226 e. The van der Waals surface area contributed by atoms with Crippen molar-refractivity contribution >= 4 is 0 Å². The largest absolute Gasteiger partial charge is 0.507 e. The normalized spacial score (nSPS) is 24.8. The van der Waals surface area contributed by atoms with E-state index in [1.165, 1.54) is 6.07 Å². The van der Waals surface area contributed by atoms with Gasteiger partial charge in [-0.25, -0.2) is 0 Å². The molecule has 13 nitrogen and oxygen atoms in total. The van der Waals surface area contributed by atoms with Crippen molar-refractivity contribution in [3.8, 4) is 11.5 Å². The van der Waals surface area contributed by atoms with Gasteiger partial charge in [0, 0.05) is 12.0 Å². The van der Waals surface area contributed by atoms with Crippen LogP contribution < -0.4 is 0 Å². The topological polar surface area (TPSA) is 197 Å². The standard InChI is InChI=1S/C40H40O7.C20H24O6/c41-35-24-14-13-23-34(35)40(42)39(46-28-33-21-11-4-12-22-33)38(45-27-32-19-9-3-10-20-32)37(44-26-31-17-7-2-8-18-31)36(47-40)29-43-25-30-15-5-1-6-16-30;1-11-5-7-12(8-6-11)9-13-3-2-4-14(16(13)22)20-19(25)18(24)17(23)15(10-21)26-20/h1-24,36-39,41-42H,25-29H2;2-8,15,17-25H,9-10H2,1H3/t36-,37-,38+,39-,40?;15-,17-,18+,19-,20+/m11/s1. The fraction of sp³-hybridized carbons (Fsp3) is 0.300. The highest BCUT2D eigenvalue weighted by Gasteiger charge is 2.58. The SMILES string of the molecule is Cc1ccc(Cc2cccc([C@@H]3O[C@H](CO)[C@@H](O)[C@H](O)[C@H]3O)c2O)cc1.Oc1ccccc1C1(O)O[C@H](COCc2ccccc2)[C@@H](OCc2ccccc2)[C@H](OCc2ccccc2)[C@H]1OCc1ccccc1. The van der Waals surface area contributed by atoms with E-state index in [2.05, 4.69) is 0 Å². The second-order valence-corrected chi connectivity index (χ2v) is 18.4. The number of rotatable bonds is 18. The first kappa shape index (κ1) is 53.0. The third kappa shape index (κ3) is 13.5. The van der Waals surface area contributed by atoms with Gasteiger partial charge in [0.1, 0.15) is 66.4 Å². The maximum atomic E-state index is 12.6. The molecule has 0 amide bonds. The van der Waals surface area contributed by atoms with Crippen LogP contribution in [-0.4, -0.2) is 97.8 Å². The third-order valence-electron chi connectivity index (χ3n) is 13.1. The van der Waals surface area contributed by atoms with E-state index in [1.54, 1.807) is 36.4 Å². The van der Waals surface area contributed by atoms with Crippen molar-refractivity contribution in [3.63, 3.8) is 0 Å². The second-order valence-electron chi connectivity index (χ2n) is 18.4. The van der Waals surface area contributed by atoms with Crippen molar-refractivity contribution in [1.29, 1.82) is 0 Å². The van der Waals surface area contributed by atoms with E-state index < -0.39 is 67.3 Å². The van der Waals surface area contributed by atoms with Gasteiger partial charge in [0.2, 0.25) is 5.79 Å². The van der Waals surface area contributed by atoms with Gasteiger partial charge in [0.05, 0.1) is 45.2 Å². The highest BCUT2D eigenvalue weighted by molar-refractivity contribution is 5.45. The molecule has 0 radical (unpaired) electrons. The third-order valence-corrected chi connectivity index (χ3v) is 13.1. The van der Waals surface area contributed by atoms with Crippen LogP contribution in [0.3, 0.4) is 0 Å². The monoisotopic (exact) mass is 992 g/mol. The van der Waals surface area contributed by atoms with Crippen LogP contribution in [0.4, 0.5) is 0 Å². The van der Waals surface area contributed by atoms with Crippen molar-refractivity contribution in [2.75, 3.05) is 13.2 Å². The fourth-order valence-corrected chi connectivity index (χ4v) is 9.11. The molecule has 7 N–H and O–H groups in total. The molecule has 9 rings (SSSR count). The Morgan fingerprint density at radius 2 is 1.03 bits per heavy atom. The number of aromatic hydroxyl groups is 2. The molecule has 0 aliphatic carbocycles. The van der Waals surface area contributed by atoms with E-state index in [1.807, 2.05) is 153 Å². The lowest BCUT2D eigenvalue weighted by molar-refractivity contribution is -0.379. The minimum atomic E-state index is -2.12. The Labute approximate surface area is 426 Å². The van der Waals surface area contributed by atoms with E-state index in [-0.39, 0.29) is 43.5 Å². The van der Waals surface area contributed by atoms with Crippen LogP contribution in [0.5, 0.6) is 11.5 Å². The Kier molecular flexibility index (Phi) is 18.6. The number of hydrogen-bond donors (Lipinski definition) is 7. The van der Waals surface area contributed by atoms with Crippen LogP contribution in [0.15, 0.2) is 188 Å². The van der Waals surface area contributed by atoms with Gasteiger partial charge < -0.3 is 64.2 Å². The van der Waals surface area contributed by atoms with Gasteiger partial charge in [-0.3, -0.25) is 0 Å². The van der Waals surface area contributed by atoms with E-state index in [9.17, 15) is 35.7 Å². The van der Waals surface area contributed by atoms with E-state index in [0.29, 0.717) is 24.2 Å². The summed E-state index contributed by atoms with van der Waals surface area (Å²) in [5.74, 6) is -2.27. The number of aryl methyl sites for hydroxylation is 1. The summed E-state index contributed by atoms with van der Waals surface area (Å²) in [5, 5.41) is 73.9. The number of hydrogen-bond acceptors (Lipinski definition) is 13. The first-order valence-electron chi connectivity index (χ1n) is 24.5. The van der Waals surface area contributed by atoms with Crippen molar-refractivity contribution in [2.24, 2.45) is 0 Å². The van der Waals surface area contributed by atoms with Gasteiger partial charge >= 0.3 is 0 Å². The van der Waals surface area contributed by atoms with Crippen LogP contribution in [-0.2, 0) is 67.1 Å². The van der Waals surface area contributed by atoms with Crippen molar-refractivity contribution in [1.82, 2.24) is 0 Å². The molecule has 2 fully saturated rings. The quantitative estimate of drug-likeness (QED) is 0.0442. The Morgan fingerprint density at radius 1 is 0.507 bits per heavy atom. The van der Waals surface area contributed by atoms with Gasteiger partial charge in [0.15, 0.2) is 0 Å². The van der Waals surface area contributed by atoms with Crippen LogP contribution >= 0.6 is 0 Å². The minimum absolute atomic E-state index is 0.0302. The summed E-state index contributed by atoms with van der Waals surface area (Å²) < 4.78 is 38.3. The summed E-state index contributed by atoms with van der Waals surface area (Å²) in [6, 6.07) is 58.9. The Balaban J connectivity index is 0.000000231. The molecule has 2 aliphatic heterocycles. The molecule has 2 saturated heterocycles. The second kappa shape index (κ2) is 25.6. The molecule has 0 spiro atoms. The molecular weight excluding hydrogens is 929 g/mol. The van der Waals surface area contributed by atoms with Gasteiger partial charge in [-0.1, -0.05) is 181 Å². The molecule has 0 saturated carbocycles. The van der Waals surface area contributed by atoms with Gasteiger partial charge in [-0.2, -0.15) is 0 Å². The molecule has 0 bridgehead atoms. The molecule has 2 heterocycles. The molecule has 7 aromatic carbocycles. The highest BCUT2D eigenvalue weighted by atomic mass is 16.7. The predicted molar refractivity (Wildman–Crippen MR) is 273 cm³/mol. The van der Waals surface area contributed by atoms with E-state index >= 15 is 0 Å². The smallest absolute Gasteiger partial charge is 0.226 e. The molecule has 73 heavy (non-hydrogen) atoms. The molecule has 13 heteroatoms. The first-order valence-corrected chi connectivity index (χ1v) is 24.5. The molecule has 382 valence electrons. The summed E-state index contributed by atoms with van der Waals surface area (Å²) in [6.07, 6.45) is -9.37. The number of phenols is 2. The number of ether oxygens (including phenoxy) is 6. The molecule has 10 atom stereocenters. The van der Waals surface area contributed by atoms with E-state index in [4.69, 9.17) is 28.4 Å². The Morgan fingerprint density at radius 3 is 1.59 bits per heavy atom. The maximum absolute atomic E-state index is 12.6. The molecule has 0 aromatic heterocycles. The average Bonchev–Trinajstić information content (AvgIpc) is 3.42. The fourth-order valence-electron chi connectivity index (χ4n) is 9.11. The van der Waals surface area contributed by atoms with Crippen LogP contribution in [0.1, 0.15) is 56.2 Å². The number of aliphatic hydroxyl groups excluding tert-OH is 4. The molecule has 1 unspecified atom stereocenters. The highest BCUT2D eigenvalue weighted by Crippen LogP contribution is 2.44. The van der Waals surface area contributed by atoms with Crippen molar-refractivity contribution in [3.05, 3.63) is 238 Å². The lowest BCUT2D eigenvalue weighted by Gasteiger charge is -2.50. The van der Waals surface area contributed by atoms with Gasteiger partial charge in [0.25, 0.3) is 0 Å². The van der Waals surface area contributed by atoms with Crippen molar-refractivity contribution in [2.45, 2.75) is 100 Å². The minimum Gasteiger partial charge on any atom is -0.507 e. The zero-order chi connectivity index (χ0) is 51.2. The summed E-state index contributed by atoms with van der Waals surface area (Å²) in [4.78, 5) is 0. The van der Waals surface area contributed by atoms with Crippen molar-refractivity contribution < 1.29 is 64.2 Å². The number of aliphatic hydroxyl groups is 5. The summed E-state index contributed by atoms with van der Waals surface area (Å²) in [7, 11) is 0. The first-order chi connectivity index (χ1) is 35.5. The van der Waals surface area contributed by atoms with Crippen LogP contribution in [0.25, 0.3) is 0 Å². The Bertz CT molecular complexity index is 2730.